The first-order chi connectivity index (χ1) is 16.7. The molecule has 2 aromatic heterocycles. The highest BCUT2D eigenvalue weighted by Crippen LogP contribution is 2.34. The standard InChI is InChI=1S/C24H22F2N4O4S/c25-21-10-19-20(17-12-27-29(14-17)13-16-6-8-28(9-7-16)24(31)32)15-30(23(19)11-22(21)26)35(33,34)18-4-2-1-3-5-18/h1-5,10-12,14-16H,6-9,13H2,(H,31,32). The molecule has 0 aliphatic carbocycles. The Labute approximate surface area is 200 Å². The number of halogens is 2. The number of carbonyl (C=O) groups is 1. The summed E-state index contributed by atoms with van der Waals surface area (Å²) in [6.45, 7) is 1.49. The molecule has 182 valence electrons. The van der Waals surface area contributed by atoms with Gasteiger partial charge in [0.05, 0.1) is 16.6 Å². The molecule has 0 bridgehead atoms. The molecule has 0 spiro atoms. The number of hydrogen-bond acceptors (Lipinski definition) is 4. The van der Waals surface area contributed by atoms with Crippen LogP contribution in [0, 0.1) is 17.6 Å². The quantitative estimate of drug-likeness (QED) is 0.438. The molecule has 2 aromatic carbocycles. The van der Waals surface area contributed by atoms with Crippen molar-refractivity contribution in [2.24, 2.45) is 5.92 Å². The third kappa shape index (κ3) is 4.27. The summed E-state index contributed by atoms with van der Waals surface area (Å²) in [5.41, 5.74) is 0.993. The Bertz CT molecular complexity index is 1510. The molecular formula is C24H22F2N4O4S. The average molecular weight is 501 g/mol. The van der Waals surface area contributed by atoms with Crippen molar-refractivity contribution in [3.05, 3.63) is 72.7 Å². The zero-order chi connectivity index (χ0) is 24.7. The van der Waals surface area contributed by atoms with Crippen LogP contribution in [0.1, 0.15) is 12.8 Å². The monoisotopic (exact) mass is 500 g/mol. The smallest absolute Gasteiger partial charge is 0.407 e. The predicted octanol–water partition coefficient (Wildman–Crippen LogP) is 4.41. The highest BCUT2D eigenvalue weighted by molar-refractivity contribution is 7.90. The second kappa shape index (κ2) is 8.81. The minimum Gasteiger partial charge on any atom is -0.465 e. The van der Waals surface area contributed by atoms with Gasteiger partial charge in [0.25, 0.3) is 10.0 Å². The Morgan fingerprint density at radius 1 is 1.06 bits per heavy atom. The van der Waals surface area contributed by atoms with E-state index >= 15 is 0 Å². The third-order valence-corrected chi connectivity index (χ3v) is 8.08. The molecule has 4 aromatic rings. The summed E-state index contributed by atoms with van der Waals surface area (Å²) in [6.07, 6.45) is 5.15. The zero-order valence-electron chi connectivity index (χ0n) is 18.5. The maximum Gasteiger partial charge on any atom is 0.407 e. The highest BCUT2D eigenvalue weighted by atomic mass is 32.2. The van der Waals surface area contributed by atoms with E-state index < -0.39 is 27.8 Å². The molecule has 0 radical (unpaired) electrons. The lowest BCUT2D eigenvalue weighted by Gasteiger charge is -2.29. The normalized spacial score (nSPS) is 15.1. The summed E-state index contributed by atoms with van der Waals surface area (Å²) in [5.74, 6) is -1.98. The first-order valence-corrected chi connectivity index (χ1v) is 12.5. The molecular weight excluding hydrogens is 478 g/mol. The van der Waals surface area contributed by atoms with Gasteiger partial charge in [-0.25, -0.2) is 26.0 Å². The summed E-state index contributed by atoms with van der Waals surface area (Å²) >= 11 is 0. The summed E-state index contributed by atoms with van der Waals surface area (Å²) in [7, 11) is -4.06. The fourth-order valence-electron chi connectivity index (χ4n) is 4.50. The van der Waals surface area contributed by atoms with E-state index in [-0.39, 0.29) is 21.7 Å². The second-order valence-electron chi connectivity index (χ2n) is 8.60. The van der Waals surface area contributed by atoms with Crippen molar-refractivity contribution in [1.29, 1.82) is 0 Å². The van der Waals surface area contributed by atoms with Gasteiger partial charge in [0.1, 0.15) is 0 Å². The molecule has 35 heavy (non-hydrogen) atoms. The van der Waals surface area contributed by atoms with Crippen LogP contribution in [-0.4, -0.2) is 51.4 Å². The molecule has 3 heterocycles. The van der Waals surface area contributed by atoms with Crippen molar-refractivity contribution in [3.8, 4) is 11.1 Å². The number of nitrogens with zero attached hydrogens (tertiary/aromatic N) is 4. The van der Waals surface area contributed by atoms with Crippen LogP contribution in [0.25, 0.3) is 22.0 Å². The van der Waals surface area contributed by atoms with Gasteiger partial charge in [0.15, 0.2) is 11.6 Å². The molecule has 1 aliphatic rings. The van der Waals surface area contributed by atoms with E-state index in [0.29, 0.717) is 43.6 Å². The number of rotatable bonds is 5. The highest BCUT2D eigenvalue weighted by Gasteiger charge is 2.25. The maximum absolute atomic E-state index is 14.2. The van der Waals surface area contributed by atoms with Gasteiger partial charge < -0.3 is 10.0 Å². The van der Waals surface area contributed by atoms with E-state index in [2.05, 4.69) is 5.10 Å². The van der Waals surface area contributed by atoms with Crippen LogP contribution in [0.2, 0.25) is 0 Å². The van der Waals surface area contributed by atoms with Crippen LogP contribution in [0.5, 0.6) is 0 Å². The van der Waals surface area contributed by atoms with Crippen LogP contribution >= 0.6 is 0 Å². The Morgan fingerprint density at radius 2 is 1.74 bits per heavy atom. The van der Waals surface area contributed by atoms with E-state index in [1.165, 1.54) is 23.2 Å². The topological polar surface area (TPSA) is 97.4 Å². The van der Waals surface area contributed by atoms with Crippen LogP contribution < -0.4 is 0 Å². The van der Waals surface area contributed by atoms with Gasteiger partial charge in [0.2, 0.25) is 0 Å². The zero-order valence-corrected chi connectivity index (χ0v) is 19.3. The molecule has 1 fully saturated rings. The van der Waals surface area contributed by atoms with Crippen molar-refractivity contribution in [1.82, 2.24) is 18.7 Å². The van der Waals surface area contributed by atoms with Gasteiger partial charge in [-0.05, 0) is 37.0 Å². The molecule has 5 rings (SSSR count). The molecule has 0 atom stereocenters. The first kappa shape index (κ1) is 23.0. The summed E-state index contributed by atoms with van der Waals surface area (Å²) in [6, 6.07) is 9.62. The summed E-state index contributed by atoms with van der Waals surface area (Å²) < 4.78 is 57.6. The SMILES string of the molecule is O=C(O)N1CCC(Cn2cc(-c3cn(S(=O)(=O)c4ccccc4)c4cc(F)c(F)cc34)cn2)CC1. The van der Waals surface area contributed by atoms with E-state index in [9.17, 15) is 22.0 Å². The number of piperidine rings is 1. The second-order valence-corrected chi connectivity index (χ2v) is 10.4. The van der Waals surface area contributed by atoms with Gasteiger partial charge in [0, 0.05) is 54.6 Å². The van der Waals surface area contributed by atoms with Crippen LogP contribution in [0.15, 0.2) is 66.0 Å². The van der Waals surface area contributed by atoms with Crippen molar-refractivity contribution in [2.45, 2.75) is 24.3 Å². The molecule has 8 nitrogen and oxygen atoms in total. The number of fused-ring (bicyclic) bond motifs is 1. The van der Waals surface area contributed by atoms with Crippen molar-refractivity contribution in [3.63, 3.8) is 0 Å². The van der Waals surface area contributed by atoms with E-state index in [1.807, 2.05) is 0 Å². The molecule has 1 saturated heterocycles. The van der Waals surface area contributed by atoms with Gasteiger partial charge in [-0.1, -0.05) is 18.2 Å². The average Bonchev–Trinajstić information content (AvgIpc) is 3.45. The van der Waals surface area contributed by atoms with E-state index in [0.717, 1.165) is 16.1 Å². The van der Waals surface area contributed by atoms with Crippen LogP contribution in [0.4, 0.5) is 13.6 Å². The number of aromatic nitrogens is 3. The first-order valence-electron chi connectivity index (χ1n) is 11.1. The van der Waals surface area contributed by atoms with Gasteiger partial charge >= 0.3 is 6.09 Å². The Balaban J connectivity index is 1.51. The largest absolute Gasteiger partial charge is 0.465 e. The lowest BCUT2D eigenvalue weighted by atomic mass is 9.97. The number of hydrogen-bond donors (Lipinski definition) is 1. The summed E-state index contributed by atoms with van der Waals surface area (Å²) in [5, 5.41) is 13.7. The Hall–Kier alpha value is -3.73. The fourth-order valence-corrected chi connectivity index (χ4v) is 5.88. The van der Waals surface area contributed by atoms with Crippen LogP contribution in [-0.2, 0) is 16.6 Å². The minimum absolute atomic E-state index is 0.0246. The Morgan fingerprint density at radius 3 is 2.43 bits per heavy atom. The minimum atomic E-state index is -4.06. The van der Waals surface area contributed by atoms with E-state index in [1.54, 1.807) is 35.3 Å². The lowest BCUT2D eigenvalue weighted by Crippen LogP contribution is -2.38. The lowest BCUT2D eigenvalue weighted by molar-refractivity contribution is 0.121. The van der Waals surface area contributed by atoms with Crippen molar-refractivity contribution in [2.75, 3.05) is 13.1 Å². The molecule has 11 heteroatoms. The van der Waals surface area contributed by atoms with Gasteiger partial charge in [-0.3, -0.25) is 4.68 Å². The third-order valence-electron chi connectivity index (χ3n) is 6.39. The number of benzene rings is 2. The van der Waals surface area contributed by atoms with Crippen LogP contribution in [0.3, 0.4) is 0 Å². The maximum atomic E-state index is 14.2. The number of carboxylic acid groups (broad SMARTS) is 1. The number of likely N-dealkylation sites (tertiary alicyclic amines) is 1. The van der Waals surface area contributed by atoms with Gasteiger partial charge in [-0.15, -0.1) is 0 Å². The Kier molecular flexibility index (Phi) is 5.79. The fraction of sp³-hybridized carbons (Fsp3) is 0.250. The van der Waals surface area contributed by atoms with Crippen molar-refractivity contribution < 1.29 is 27.1 Å². The molecule has 1 N–H and O–H groups in total. The van der Waals surface area contributed by atoms with Crippen molar-refractivity contribution >= 4 is 27.0 Å². The predicted molar refractivity (Wildman–Crippen MR) is 124 cm³/mol. The number of amides is 1. The molecule has 0 unspecified atom stereocenters. The summed E-state index contributed by atoms with van der Waals surface area (Å²) in [4.78, 5) is 12.5. The van der Waals surface area contributed by atoms with E-state index in [4.69, 9.17) is 5.11 Å². The molecule has 0 saturated carbocycles. The molecule has 1 aliphatic heterocycles. The molecule has 1 amide bonds. The van der Waals surface area contributed by atoms with Gasteiger partial charge in [-0.2, -0.15) is 5.10 Å².